The minimum Gasteiger partial charge on any atom is -0.492 e. The number of likely N-dealkylation sites (N-methyl/N-ethyl adjacent to an activating group) is 1. The number of nitrogens with zero attached hydrogens (tertiary/aromatic N) is 1. The highest BCUT2D eigenvalue weighted by atomic mass is 127. The summed E-state index contributed by atoms with van der Waals surface area (Å²) < 4.78 is 72.4. The lowest BCUT2D eigenvalue weighted by Crippen LogP contribution is -2.66. The van der Waals surface area contributed by atoms with Crippen molar-refractivity contribution in [2.24, 2.45) is 5.92 Å². The molecule has 2 bridgehead atoms. The van der Waals surface area contributed by atoms with E-state index in [4.69, 9.17) is 61.7 Å². The number of amides is 2. The minimum atomic E-state index is -2.04. The molecule has 2 amide bonds. The molecular weight excluding hydrogens is 1260 g/mol. The van der Waals surface area contributed by atoms with E-state index in [0.29, 0.717) is 15.7 Å². The van der Waals surface area contributed by atoms with Crippen LogP contribution in [-0.2, 0) is 57.1 Å². The summed E-state index contributed by atoms with van der Waals surface area (Å²) in [6.07, 6.45) is -14.6. The second-order valence-corrected chi connectivity index (χ2v) is 23.4. The number of rotatable bonds is 19. The number of benzene rings is 1. The van der Waals surface area contributed by atoms with Crippen LogP contribution in [0.5, 0.6) is 17.2 Å². The zero-order valence-electron chi connectivity index (χ0n) is 48.4. The van der Waals surface area contributed by atoms with E-state index in [1.165, 1.54) is 47.5 Å². The Balaban J connectivity index is 1.11. The highest BCUT2D eigenvalue weighted by molar-refractivity contribution is 14.1. The van der Waals surface area contributed by atoms with Crippen LogP contribution in [0.1, 0.15) is 69.8 Å². The van der Waals surface area contributed by atoms with Crippen LogP contribution in [0.4, 0.5) is 4.79 Å². The van der Waals surface area contributed by atoms with Crippen molar-refractivity contribution in [2.45, 2.75) is 182 Å². The molecule has 84 heavy (non-hydrogen) atoms. The predicted molar refractivity (Wildman–Crippen MR) is 310 cm³/mol. The van der Waals surface area contributed by atoms with Gasteiger partial charge in [0.15, 0.2) is 41.8 Å². The molecule has 466 valence electrons. The highest BCUT2D eigenvalue weighted by Crippen LogP contribution is 2.49. The molecule has 28 heteroatoms. The molecule has 2 aliphatic carbocycles. The minimum absolute atomic E-state index is 0.00719. The number of nitrogens with one attached hydrogen (secondary N) is 2. The van der Waals surface area contributed by atoms with Gasteiger partial charge in [0.1, 0.15) is 42.7 Å². The SMILES string of the molecule is CCN(C(C)=O)C1COC(OC2C(O[C@H]3C#C/C=C\C#C[C@]4(O)CC(=O)[C@H](NC(=O)OC)C3/C4=C/CS)OC(C)C(NOC3CC(O)C(SC(=O)c4c(C)c(I)c(OC5OC(C)C(O)C(OC)C5O)c(OC)c4OC)C(C)O3)C2O)CC1OC. The molecule has 1 aromatic carbocycles. The number of allylic oxidation sites excluding steroid dienone is 2. The van der Waals surface area contributed by atoms with Crippen molar-refractivity contribution in [2.75, 3.05) is 54.5 Å². The molecule has 7 rings (SSSR count). The van der Waals surface area contributed by atoms with Crippen LogP contribution >= 0.6 is 47.0 Å². The molecule has 1 saturated carbocycles. The van der Waals surface area contributed by atoms with E-state index < -0.39 is 151 Å². The molecule has 6 aliphatic rings. The van der Waals surface area contributed by atoms with Crippen molar-refractivity contribution in [3.05, 3.63) is 38.5 Å². The number of thioether (sulfide) groups is 1. The quantitative estimate of drug-likeness (QED) is 0.0320. The van der Waals surface area contributed by atoms with Gasteiger partial charge in [-0.25, -0.2) is 4.79 Å². The van der Waals surface area contributed by atoms with Crippen LogP contribution in [0.25, 0.3) is 0 Å². The Kier molecular flexibility index (Phi) is 24.1. The van der Waals surface area contributed by atoms with Gasteiger partial charge in [0, 0.05) is 52.2 Å². The summed E-state index contributed by atoms with van der Waals surface area (Å²) in [6, 6.07) is -2.98. The summed E-state index contributed by atoms with van der Waals surface area (Å²) in [4.78, 5) is 61.7. The number of methoxy groups -OCH3 is 5. The first-order chi connectivity index (χ1) is 40.0. The molecule has 0 spiro atoms. The van der Waals surface area contributed by atoms with Crippen LogP contribution in [0.15, 0.2) is 23.8 Å². The third kappa shape index (κ3) is 14.6. The van der Waals surface area contributed by atoms with E-state index in [2.05, 4.69) is 47.1 Å². The molecule has 0 radical (unpaired) electrons. The number of halogens is 1. The second-order valence-electron chi connectivity index (χ2n) is 20.8. The molecule has 5 fully saturated rings. The largest absolute Gasteiger partial charge is 0.492 e. The maximum absolute atomic E-state index is 14.4. The van der Waals surface area contributed by atoms with E-state index >= 15 is 0 Å². The van der Waals surface area contributed by atoms with E-state index in [1.807, 2.05) is 29.5 Å². The Morgan fingerprint density at radius 2 is 1.60 bits per heavy atom. The van der Waals surface area contributed by atoms with E-state index in [0.717, 1.165) is 18.9 Å². The Hall–Kier alpha value is -3.87. The Bertz CT molecular complexity index is 2710. The van der Waals surface area contributed by atoms with Gasteiger partial charge in [-0.15, -0.1) is 0 Å². The molecule has 0 aromatic heterocycles. The summed E-state index contributed by atoms with van der Waals surface area (Å²) in [7, 11) is 6.69. The number of hydrogen-bond acceptors (Lipinski definition) is 25. The number of alkyl carbamates (subject to hydrolysis) is 1. The lowest BCUT2D eigenvalue weighted by Gasteiger charge is -2.48. The van der Waals surface area contributed by atoms with Crippen molar-refractivity contribution >= 4 is 69.9 Å². The molecule has 18 unspecified atom stereocenters. The lowest BCUT2D eigenvalue weighted by atomic mass is 9.68. The summed E-state index contributed by atoms with van der Waals surface area (Å²) >= 11 is 7.21. The van der Waals surface area contributed by atoms with Crippen LogP contribution in [0.3, 0.4) is 0 Å². The Morgan fingerprint density at radius 1 is 0.893 bits per heavy atom. The number of aliphatic hydroxyl groups is 5. The Labute approximate surface area is 511 Å². The Morgan fingerprint density at radius 3 is 2.23 bits per heavy atom. The van der Waals surface area contributed by atoms with Crippen LogP contribution in [0.2, 0.25) is 0 Å². The molecule has 4 heterocycles. The first kappa shape index (κ1) is 67.6. The molecule has 21 atom stereocenters. The van der Waals surface area contributed by atoms with E-state index in [1.54, 1.807) is 38.7 Å². The summed E-state index contributed by atoms with van der Waals surface area (Å²) in [5.41, 5.74) is 1.55. The number of fused-ring (bicyclic) bond motifs is 2. The fourth-order valence-corrected chi connectivity index (χ4v) is 13.3. The van der Waals surface area contributed by atoms with E-state index in [-0.39, 0.29) is 59.5 Å². The van der Waals surface area contributed by atoms with Crippen LogP contribution in [-0.4, -0.2) is 229 Å². The summed E-state index contributed by atoms with van der Waals surface area (Å²) in [6.45, 7) is 10.2. The first-order valence-electron chi connectivity index (χ1n) is 27.3. The fourth-order valence-electron chi connectivity index (χ4n) is 11.3. The van der Waals surface area contributed by atoms with Crippen molar-refractivity contribution in [1.82, 2.24) is 15.7 Å². The lowest BCUT2D eigenvalue weighted by molar-refractivity contribution is -0.340. The smallest absolute Gasteiger partial charge is 0.407 e. The van der Waals surface area contributed by atoms with Crippen molar-refractivity contribution in [1.29, 1.82) is 0 Å². The zero-order valence-corrected chi connectivity index (χ0v) is 52.2. The number of ketones is 1. The van der Waals surface area contributed by atoms with E-state index in [9.17, 15) is 44.7 Å². The van der Waals surface area contributed by atoms with Gasteiger partial charge in [0.2, 0.25) is 23.1 Å². The molecule has 4 aliphatic heterocycles. The van der Waals surface area contributed by atoms with Crippen LogP contribution in [0, 0.1) is 40.1 Å². The summed E-state index contributed by atoms with van der Waals surface area (Å²) in [5.74, 6) is 9.56. The number of carbonyl (C=O) groups is 4. The van der Waals surface area contributed by atoms with Crippen molar-refractivity contribution in [3.8, 4) is 40.9 Å². The monoisotopic (exact) mass is 1330 g/mol. The van der Waals surface area contributed by atoms with Gasteiger partial charge < -0.3 is 92.6 Å². The number of hydroxylamine groups is 1. The van der Waals surface area contributed by atoms with Gasteiger partial charge in [0.05, 0.1) is 91.3 Å². The third-order valence-electron chi connectivity index (χ3n) is 15.7. The van der Waals surface area contributed by atoms with Gasteiger partial charge in [-0.3, -0.25) is 19.2 Å². The molecule has 4 saturated heterocycles. The number of ether oxygens (including phenoxy) is 12. The number of thiol groups is 1. The maximum Gasteiger partial charge on any atom is 0.407 e. The number of aliphatic hydroxyl groups excluding tert-OH is 4. The normalized spacial score (nSPS) is 37.5. The van der Waals surface area contributed by atoms with Gasteiger partial charge in [-0.2, -0.15) is 18.1 Å². The third-order valence-corrected chi connectivity index (χ3v) is 18.5. The average Bonchev–Trinajstić information content (AvgIpc) is 3.50. The highest BCUT2D eigenvalue weighted by Gasteiger charge is 2.55. The van der Waals surface area contributed by atoms with Crippen LogP contribution < -0.4 is 25.0 Å². The number of Topliss-reactive ketones (excluding diaryl/α,β-unsaturated/α-hetero) is 1. The zero-order chi connectivity index (χ0) is 61.5. The first-order valence-corrected chi connectivity index (χ1v) is 29.9. The topological polar surface area (TPSA) is 317 Å². The summed E-state index contributed by atoms with van der Waals surface area (Å²) in [5, 5.41) is 59.2. The number of carbonyl (C=O) groups excluding carboxylic acids is 4. The van der Waals surface area contributed by atoms with Gasteiger partial charge in [0.25, 0.3) is 0 Å². The molecule has 7 N–H and O–H groups in total. The molecule has 1 aromatic rings. The fraction of sp³-hybridized carbons (Fsp3) is 0.679. The molecular formula is C56H76IN3O22S2. The maximum atomic E-state index is 14.4. The number of hydrogen-bond donors (Lipinski definition) is 8. The van der Waals surface area contributed by atoms with Crippen molar-refractivity contribution < 1.29 is 106 Å². The molecule has 25 nitrogen and oxygen atoms in total. The van der Waals surface area contributed by atoms with Gasteiger partial charge in [-0.1, -0.05) is 41.5 Å². The van der Waals surface area contributed by atoms with Gasteiger partial charge in [-0.05, 0) is 80.5 Å². The second kappa shape index (κ2) is 29.9. The standard InChI is InChI=1S/C56H76IN3O22S2/c1-12-60(29(6)61)31-24-75-36(22-35(31)70-7)80-49-44(65)41(26(3)77-54(49)79-34-17-15-13-14-16-19-56(69)23-33(63)42(58-55(68)74-11)39(34)30(56)18-20-83)59-82-37-21-32(62)51(28(5)76-37)84-52(67)38-25(2)40(57)47(50(73-10)46(38)71-8)81-53-45(66)48(72-9)43(64)27(4)78-53/h13-14,18,26-28,31-32,34-37,39,41-45,48-49,51,53-54,59,62,64-66,69,83H,12,20-24H2,1-11H3,(H,58,68)/b14-13-,30-18-/t26?,27?,28?,31?,32?,34-,35?,36?,37?,39?,41?,42-,43?,44?,45?,48?,49?,51?,53?,54?,56-/m0/s1. The van der Waals surface area contributed by atoms with Crippen molar-refractivity contribution in [3.63, 3.8) is 0 Å². The predicted octanol–water partition coefficient (Wildman–Crippen LogP) is 1.46. The average molecular weight is 1330 g/mol. The van der Waals surface area contributed by atoms with Gasteiger partial charge >= 0.3 is 6.09 Å².